The molecule has 0 fully saturated rings. The maximum absolute atomic E-state index is 13.0. The third-order valence-corrected chi connectivity index (χ3v) is 1.83. The van der Waals surface area contributed by atoms with Gasteiger partial charge in [-0.3, -0.25) is 0 Å². The van der Waals surface area contributed by atoms with Gasteiger partial charge in [0.2, 0.25) is 0 Å². The van der Waals surface area contributed by atoms with Crippen LogP contribution in [0.2, 0.25) is 0 Å². The Hall–Kier alpha value is -0.930. The molecule has 2 N–H and O–H groups in total. The van der Waals surface area contributed by atoms with E-state index in [0.717, 1.165) is 18.7 Å². The van der Waals surface area contributed by atoms with E-state index in [1.54, 1.807) is 12.1 Å². The first-order valence-corrected chi connectivity index (χ1v) is 4.43. The van der Waals surface area contributed by atoms with Crippen molar-refractivity contribution in [1.29, 1.82) is 0 Å². The summed E-state index contributed by atoms with van der Waals surface area (Å²) in [5.74, 6) is -0.139. The van der Waals surface area contributed by atoms with Gasteiger partial charge in [-0.15, -0.1) is 0 Å². The average Bonchev–Trinajstić information content (AvgIpc) is 2.15. The Labute approximate surface area is 78.2 Å². The highest BCUT2D eigenvalue weighted by Crippen LogP contribution is 2.04. The Morgan fingerprint density at radius 1 is 1.23 bits per heavy atom. The fraction of sp³-hybridized carbons (Fsp3) is 0.400. The van der Waals surface area contributed by atoms with E-state index in [1.807, 2.05) is 13.1 Å². The van der Waals surface area contributed by atoms with Crippen molar-refractivity contribution in [3.63, 3.8) is 0 Å². The van der Waals surface area contributed by atoms with Crippen molar-refractivity contribution in [3.8, 4) is 0 Å². The van der Waals surface area contributed by atoms with E-state index in [1.165, 1.54) is 6.07 Å². The van der Waals surface area contributed by atoms with E-state index in [4.69, 9.17) is 0 Å². The van der Waals surface area contributed by atoms with Crippen LogP contribution >= 0.6 is 0 Å². The van der Waals surface area contributed by atoms with Gasteiger partial charge >= 0.3 is 0 Å². The van der Waals surface area contributed by atoms with E-state index < -0.39 is 0 Å². The SMILES string of the molecule is CNCCNCc1ccccc1F. The second kappa shape index (κ2) is 5.67. The molecular weight excluding hydrogens is 167 g/mol. The largest absolute Gasteiger partial charge is 0.318 e. The number of likely N-dealkylation sites (N-methyl/N-ethyl adjacent to an activating group) is 1. The fourth-order valence-electron chi connectivity index (χ4n) is 1.08. The number of rotatable bonds is 5. The summed E-state index contributed by atoms with van der Waals surface area (Å²) < 4.78 is 13.0. The topological polar surface area (TPSA) is 24.1 Å². The summed E-state index contributed by atoms with van der Waals surface area (Å²) in [6.45, 7) is 2.34. The highest BCUT2D eigenvalue weighted by Gasteiger charge is 1.98. The molecule has 0 spiro atoms. The molecule has 13 heavy (non-hydrogen) atoms. The maximum atomic E-state index is 13.0. The van der Waals surface area contributed by atoms with Gasteiger partial charge in [0.1, 0.15) is 5.82 Å². The number of benzene rings is 1. The lowest BCUT2D eigenvalue weighted by molar-refractivity contribution is 0.583. The number of nitrogens with one attached hydrogen (secondary N) is 2. The van der Waals surface area contributed by atoms with Gasteiger partial charge in [0.15, 0.2) is 0 Å². The molecule has 0 aliphatic heterocycles. The molecule has 0 aliphatic carbocycles. The molecule has 0 amide bonds. The van der Waals surface area contributed by atoms with Crippen molar-refractivity contribution in [2.45, 2.75) is 6.54 Å². The molecule has 0 bridgehead atoms. The summed E-state index contributed by atoms with van der Waals surface area (Å²) in [6, 6.07) is 6.82. The third kappa shape index (κ3) is 3.53. The van der Waals surface area contributed by atoms with E-state index in [0.29, 0.717) is 6.54 Å². The van der Waals surface area contributed by atoms with Crippen LogP contribution in [0.5, 0.6) is 0 Å². The molecule has 0 aliphatic rings. The van der Waals surface area contributed by atoms with Gasteiger partial charge in [-0.25, -0.2) is 4.39 Å². The van der Waals surface area contributed by atoms with Crippen molar-refractivity contribution in [3.05, 3.63) is 35.6 Å². The molecule has 0 radical (unpaired) electrons. The lowest BCUT2D eigenvalue weighted by Crippen LogP contribution is -2.24. The first-order chi connectivity index (χ1) is 6.34. The fourth-order valence-corrected chi connectivity index (χ4v) is 1.08. The third-order valence-electron chi connectivity index (χ3n) is 1.83. The van der Waals surface area contributed by atoms with Gasteiger partial charge < -0.3 is 10.6 Å². The van der Waals surface area contributed by atoms with Crippen LogP contribution in [0.1, 0.15) is 5.56 Å². The number of halogens is 1. The lowest BCUT2D eigenvalue weighted by atomic mass is 10.2. The second-order valence-electron chi connectivity index (χ2n) is 2.87. The highest BCUT2D eigenvalue weighted by molar-refractivity contribution is 5.16. The van der Waals surface area contributed by atoms with Crippen LogP contribution in [0.25, 0.3) is 0 Å². The summed E-state index contributed by atoms with van der Waals surface area (Å²) in [5, 5.41) is 6.15. The Bertz CT molecular complexity index is 250. The number of hydrogen-bond donors (Lipinski definition) is 2. The van der Waals surface area contributed by atoms with Crippen molar-refractivity contribution < 1.29 is 4.39 Å². The van der Waals surface area contributed by atoms with Gasteiger partial charge in [-0.2, -0.15) is 0 Å². The second-order valence-corrected chi connectivity index (χ2v) is 2.87. The Balaban J connectivity index is 2.32. The minimum Gasteiger partial charge on any atom is -0.318 e. The summed E-state index contributed by atoms with van der Waals surface area (Å²) in [7, 11) is 1.89. The monoisotopic (exact) mass is 182 g/mol. The lowest BCUT2D eigenvalue weighted by Gasteiger charge is -2.04. The Morgan fingerprint density at radius 2 is 2.00 bits per heavy atom. The molecule has 72 valence electrons. The van der Waals surface area contributed by atoms with Crippen LogP contribution in [0, 0.1) is 5.82 Å². The zero-order valence-corrected chi connectivity index (χ0v) is 7.81. The molecule has 1 aromatic carbocycles. The van der Waals surface area contributed by atoms with Crippen LogP contribution in [0.3, 0.4) is 0 Å². The maximum Gasteiger partial charge on any atom is 0.127 e. The van der Waals surface area contributed by atoms with Crippen LogP contribution in [-0.4, -0.2) is 20.1 Å². The standard InChI is InChI=1S/C10H15FN2/c1-12-6-7-13-8-9-4-2-3-5-10(9)11/h2-5,12-13H,6-8H2,1H3. The van der Waals surface area contributed by atoms with Gasteiger partial charge in [-0.05, 0) is 13.1 Å². The molecule has 0 unspecified atom stereocenters. The molecule has 2 nitrogen and oxygen atoms in total. The Kier molecular flexibility index (Phi) is 4.43. The predicted octanol–water partition coefficient (Wildman–Crippen LogP) is 1.13. The van der Waals surface area contributed by atoms with Gasteiger partial charge in [0.05, 0.1) is 0 Å². The summed E-state index contributed by atoms with van der Waals surface area (Å²) in [4.78, 5) is 0. The van der Waals surface area contributed by atoms with Crippen LogP contribution in [-0.2, 0) is 6.54 Å². The quantitative estimate of drug-likeness (QED) is 0.667. The first-order valence-electron chi connectivity index (χ1n) is 4.43. The van der Waals surface area contributed by atoms with E-state index >= 15 is 0 Å². The van der Waals surface area contributed by atoms with E-state index in [2.05, 4.69) is 10.6 Å². The van der Waals surface area contributed by atoms with Crippen molar-refractivity contribution >= 4 is 0 Å². The molecule has 0 atom stereocenters. The van der Waals surface area contributed by atoms with Gasteiger partial charge in [0, 0.05) is 25.2 Å². The summed E-state index contributed by atoms with van der Waals surface area (Å²) >= 11 is 0. The normalized spacial score (nSPS) is 10.3. The first kappa shape index (κ1) is 10.2. The van der Waals surface area contributed by atoms with E-state index in [-0.39, 0.29) is 5.82 Å². The van der Waals surface area contributed by atoms with Crippen molar-refractivity contribution in [1.82, 2.24) is 10.6 Å². The molecule has 0 saturated carbocycles. The molecular formula is C10H15FN2. The molecule has 0 heterocycles. The highest BCUT2D eigenvalue weighted by atomic mass is 19.1. The smallest absolute Gasteiger partial charge is 0.127 e. The predicted molar refractivity (Wildman–Crippen MR) is 52.0 cm³/mol. The van der Waals surface area contributed by atoms with Gasteiger partial charge in [-0.1, -0.05) is 18.2 Å². The zero-order valence-electron chi connectivity index (χ0n) is 7.81. The molecule has 0 aromatic heterocycles. The van der Waals surface area contributed by atoms with Crippen molar-refractivity contribution in [2.75, 3.05) is 20.1 Å². The molecule has 0 saturated heterocycles. The van der Waals surface area contributed by atoms with E-state index in [9.17, 15) is 4.39 Å². The minimum absolute atomic E-state index is 0.139. The molecule has 1 aromatic rings. The van der Waals surface area contributed by atoms with Crippen LogP contribution in [0.4, 0.5) is 4.39 Å². The van der Waals surface area contributed by atoms with Crippen molar-refractivity contribution in [2.24, 2.45) is 0 Å². The number of hydrogen-bond acceptors (Lipinski definition) is 2. The average molecular weight is 182 g/mol. The summed E-state index contributed by atoms with van der Waals surface area (Å²) in [5.41, 5.74) is 0.721. The van der Waals surface area contributed by atoms with Crippen LogP contribution in [0.15, 0.2) is 24.3 Å². The van der Waals surface area contributed by atoms with Gasteiger partial charge in [0.25, 0.3) is 0 Å². The Morgan fingerprint density at radius 3 is 2.69 bits per heavy atom. The summed E-state index contributed by atoms with van der Waals surface area (Å²) in [6.07, 6.45) is 0. The minimum atomic E-state index is -0.139. The molecule has 1 rings (SSSR count). The molecule has 3 heteroatoms. The van der Waals surface area contributed by atoms with Crippen LogP contribution < -0.4 is 10.6 Å². The zero-order chi connectivity index (χ0) is 9.52.